The maximum Gasteiger partial charge on any atom is 0.249 e. The molecule has 2 rings (SSSR count). The minimum Gasteiger partial charge on any atom is -0.394 e. The molecule has 5 N–H and O–H groups in total. The highest BCUT2D eigenvalue weighted by Crippen LogP contribution is 2.24. The van der Waals surface area contributed by atoms with E-state index in [0.717, 1.165) is 5.56 Å². The van der Waals surface area contributed by atoms with Crippen molar-refractivity contribution >= 4 is 11.8 Å². The molecular weight excluding hydrogens is 392 g/mol. The molecule has 30 heavy (non-hydrogen) atoms. The number of ether oxygens (including phenoxy) is 2. The second-order valence-corrected chi connectivity index (χ2v) is 7.53. The maximum absolute atomic E-state index is 12.6. The lowest BCUT2D eigenvalue weighted by Gasteiger charge is -2.43. The molecule has 1 saturated heterocycles. The Morgan fingerprint density at radius 3 is 2.47 bits per heavy atom. The summed E-state index contributed by atoms with van der Waals surface area (Å²) in [6.07, 6.45) is -5.29. The second-order valence-electron chi connectivity index (χ2n) is 7.53. The SMILES string of the molecule is CCC(=O)N[C@H]1C(O)OC(CO)[C@@H](O)[C@@H]1O[C@H](C)C(=O)N[C@@H](C)Cc1ccccc1. The lowest BCUT2D eigenvalue weighted by Crippen LogP contribution is -2.65. The van der Waals surface area contributed by atoms with Crippen LogP contribution >= 0.6 is 0 Å². The molecule has 1 aliphatic heterocycles. The Morgan fingerprint density at radius 2 is 1.87 bits per heavy atom. The van der Waals surface area contributed by atoms with Crippen molar-refractivity contribution < 1.29 is 34.4 Å². The van der Waals surface area contributed by atoms with Crippen LogP contribution in [0.1, 0.15) is 32.8 Å². The smallest absolute Gasteiger partial charge is 0.249 e. The molecule has 0 spiro atoms. The minimum atomic E-state index is -1.50. The number of hydrogen-bond donors (Lipinski definition) is 5. The molecule has 168 valence electrons. The summed E-state index contributed by atoms with van der Waals surface area (Å²) in [5.74, 6) is -0.771. The average molecular weight is 424 g/mol. The van der Waals surface area contributed by atoms with Crippen molar-refractivity contribution in [2.75, 3.05) is 6.61 Å². The quantitative estimate of drug-likeness (QED) is 0.359. The normalized spacial score (nSPS) is 28.4. The predicted octanol–water partition coefficient (Wildman–Crippen LogP) is -0.527. The summed E-state index contributed by atoms with van der Waals surface area (Å²) in [4.78, 5) is 24.4. The molecule has 0 bridgehead atoms. The first-order chi connectivity index (χ1) is 14.3. The molecule has 0 saturated carbocycles. The number of carbonyl (C=O) groups is 2. The fourth-order valence-electron chi connectivity index (χ4n) is 3.36. The molecule has 1 aromatic carbocycles. The van der Waals surface area contributed by atoms with Crippen LogP contribution in [-0.4, -0.2) is 76.5 Å². The van der Waals surface area contributed by atoms with Gasteiger partial charge in [-0.25, -0.2) is 0 Å². The van der Waals surface area contributed by atoms with E-state index in [2.05, 4.69) is 10.6 Å². The topological polar surface area (TPSA) is 137 Å². The van der Waals surface area contributed by atoms with Crippen molar-refractivity contribution in [2.45, 2.75) is 76.4 Å². The first-order valence-electron chi connectivity index (χ1n) is 10.2. The first kappa shape index (κ1) is 24.2. The molecule has 1 aliphatic rings. The lowest BCUT2D eigenvalue weighted by molar-refractivity contribution is -0.266. The lowest BCUT2D eigenvalue weighted by atomic mass is 9.96. The van der Waals surface area contributed by atoms with E-state index in [1.54, 1.807) is 6.92 Å². The van der Waals surface area contributed by atoms with Gasteiger partial charge in [0.15, 0.2) is 6.29 Å². The third-order valence-electron chi connectivity index (χ3n) is 5.03. The van der Waals surface area contributed by atoms with Gasteiger partial charge in [-0.15, -0.1) is 0 Å². The van der Waals surface area contributed by atoms with Crippen molar-refractivity contribution in [1.82, 2.24) is 10.6 Å². The summed E-state index contributed by atoms with van der Waals surface area (Å²) < 4.78 is 10.9. The van der Waals surface area contributed by atoms with E-state index in [4.69, 9.17) is 9.47 Å². The van der Waals surface area contributed by atoms with Crippen molar-refractivity contribution in [3.05, 3.63) is 35.9 Å². The van der Waals surface area contributed by atoms with Gasteiger partial charge < -0.3 is 35.4 Å². The van der Waals surface area contributed by atoms with Gasteiger partial charge in [-0.1, -0.05) is 37.3 Å². The predicted molar refractivity (Wildman–Crippen MR) is 108 cm³/mol. The number of rotatable bonds is 9. The Hall–Kier alpha value is -2.04. The number of nitrogens with one attached hydrogen (secondary N) is 2. The van der Waals surface area contributed by atoms with Crippen LogP contribution in [0.4, 0.5) is 0 Å². The molecule has 2 amide bonds. The van der Waals surface area contributed by atoms with E-state index in [1.165, 1.54) is 6.92 Å². The number of amides is 2. The van der Waals surface area contributed by atoms with E-state index in [1.807, 2.05) is 37.3 Å². The van der Waals surface area contributed by atoms with Crippen LogP contribution < -0.4 is 10.6 Å². The Morgan fingerprint density at radius 1 is 1.20 bits per heavy atom. The van der Waals surface area contributed by atoms with Crippen LogP contribution in [0.3, 0.4) is 0 Å². The van der Waals surface area contributed by atoms with Crippen molar-refractivity contribution in [3.63, 3.8) is 0 Å². The van der Waals surface area contributed by atoms with Gasteiger partial charge >= 0.3 is 0 Å². The molecule has 9 nitrogen and oxygen atoms in total. The molecular formula is C21H32N2O7. The second kappa shape index (κ2) is 11.4. The molecule has 1 fully saturated rings. The van der Waals surface area contributed by atoms with Gasteiger partial charge in [0.05, 0.1) is 6.61 Å². The highest BCUT2D eigenvalue weighted by molar-refractivity contribution is 5.80. The van der Waals surface area contributed by atoms with Gasteiger partial charge in [0.25, 0.3) is 0 Å². The van der Waals surface area contributed by atoms with Crippen LogP contribution in [-0.2, 0) is 25.5 Å². The molecule has 2 unspecified atom stereocenters. The molecule has 9 heteroatoms. The first-order valence-corrected chi connectivity index (χ1v) is 10.2. The Kier molecular flexibility index (Phi) is 9.19. The number of benzene rings is 1. The summed E-state index contributed by atoms with van der Waals surface area (Å²) in [7, 11) is 0. The van der Waals surface area contributed by atoms with E-state index in [-0.39, 0.29) is 18.4 Å². The van der Waals surface area contributed by atoms with Crippen molar-refractivity contribution in [3.8, 4) is 0 Å². The standard InChI is InChI=1S/C21H32N2O7/c1-4-16(25)23-17-19(18(26)15(11-24)30-21(17)28)29-13(3)20(27)22-12(2)10-14-8-6-5-7-9-14/h5-9,12-13,15,17-19,21,24,26,28H,4,10-11H2,1-3H3,(H,22,27)(H,23,25)/t12-,13+,15?,17+,18+,19+,21?/m0/s1. The number of carbonyl (C=O) groups excluding carboxylic acids is 2. The van der Waals surface area contributed by atoms with Gasteiger partial charge in [0, 0.05) is 12.5 Å². The van der Waals surface area contributed by atoms with Gasteiger partial charge in [0.2, 0.25) is 11.8 Å². The van der Waals surface area contributed by atoms with Gasteiger partial charge in [0.1, 0.15) is 30.5 Å². The van der Waals surface area contributed by atoms with Crippen LogP contribution in [0.25, 0.3) is 0 Å². The van der Waals surface area contributed by atoms with Crippen LogP contribution in [0.2, 0.25) is 0 Å². The molecule has 1 heterocycles. The number of hydrogen-bond acceptors (Lipinski definition) is 7. The average Bonchev–Trinajstić information content (AvgIpc) is 2.73. The third kappa shape index (κ3) is 6.48. The zero-order chi connectivity index (χ0) is 22.3. The number of aliphatic hydroxyl groups is 3. The van der Waals surface area contributed by atoms with Gasteiger partial charge in [-0.2, -0.15) is 0 Å². The maximum atomic E-state index is 12.6. The Bertz CT molecular complexity index is 687. The third-order valence-corrected chi connectivity index (χ3v) is 5.03. The zero-order valence-electron chi connectivity index (χ0n) is 17.5. The molecule has 1 aromatic rings. The minimum absolute atomic E-state index is 0.155. The van der Waals surface area contributed by atoms with E-state index >= 15 is 0 Å². The monoisotopic (exact) mass is 424 g/mol. The van der Waals surface area contributed by atoms with Gasteiger partial charge in [-0.3, -0.25) is 9.59 Å². The summed E-state index contributed by atoms with van der Waals surface area (Å²) in [6, 6.07) is 8.47. The molecule has 0 radical (unpaired) electrons. The van der Waals surface area contributed by atoms with Crippen LogP contribution in [0, 0.1) is 0 Å². The molecule has 0 aliphatic carbocycles. The summed E-state index contributed by atoms with van der Waals surface area (Å²) in [6.45, 7) is 4.47. The fourth-order valence-corrected chi connectivity index (χ4v) is 3.36. The summed E-state index contributed by atoms with van der Waals surface area (Å²) >= 11 is 0. The highest BCUT2D eigenvalue weighted by atomic mass is 16.6. The zero-order valence-corrected chi connectivity index (χ0v) is 17.5. The highest BCUT2D eigenvalue weighted by Gasteiger charge is 2.47. The number of aliphatic hydroxyl groups excluding tert-OH is 3. The Labute approximate surface area is 176 Å². The van der Waals surface area contributed by atoms with Crippen molar-refractivity contribution in [1.29, 1.82) is 0 Å². The van der Waals surface area contributed by atoms with Crippen molar-refractivity contribution in [2.24, 2.45) is 0 Å². The molecule has 7 atom stereocenters. The fraction of sp³-hybridized carbons (Fsp3) is 0.619. The van der Waals surface area contributed by atoms with Crippen LogP contribution in [0.15, 0.2) is 30.3 Å². The summed E-state index contributed by atoms with van der Waals surface area (Å²) in [5, 5.41) is 35.5. The van der Waals surface area contributed by atoms with E-state index in [9.17, 15) is 24.9 Å². The van der Waals surface area contributed by atoms with Gasteiger partial charge in [-0.05, 0) is 25.8 Å². The summed E-state index contributed by atoms with van der Waals surface area (Å²) in [5.41, 5.74) is 1.08. The largest absolute Gasteiger partial charge is 0.394 e. The van der Waals surface area contributed by atoms with Crippen LogP contribution in [0.5, 0.6) is 0 Å². The van der Waals surface area contributed by atoms with E-state index in [0.29, 0.717) is 6.42 Å². The molecule has 0 aromatic heterocycles. The van der Waals surface area contributed by atoms with E-state index < -0.39 is 49.3 Å². The Balaban J connectivity index is 2.02.